The van der Waals surface area contributed by atoms with E-state index in [1.807, 2.05) is 4.90 Å². The maximum Gasteiger partial charge on any atom is 0.317 e. The lowest BCUT2D eigenvalue weighted by atomic mass is 9.86. The first kappa shape index (κ1) is 16.3. The van der Waals surface area contributed by atoms with Gasteiger partial charge in [0.1, 0.15) is 0 Å². The van der Waals surface area contributed by atoms with Crippen LogP contribution in [0.15, 0.2) is 17.5 Å². The van der Waals surface area contributed by atoms with Crippen molar-refractivity contribution in [1.82, 2.24) is 10.2 Å². The number of hydrogen-bond acceptors (Lipinski definition) is 2. The molecule has 1 aliphatic heterocycles. The second kappa shape index (κ2) is 6.82. The number of hydrogen-bond donors (Lipinski definition) is 1. The van der Waals surface area contributed by atoms with Gasteiger partial charge < -0.3 is 10.2 Å². The topological polar surface area (TPSA) is 32.3 Å². The Bertz CT molecular complexity index is 450. The quantitative estimate of drug-likeness (QED) is 0.846. The second-order valence-electron chi connectivity index (χ2n) is 7.29. The molecule has 0 spiro atoms. The van der Waals surface area contributed by atoms with Gasteiger partial charge in [0.25, 0.3) is 0 Å². The van der Waals surface area contributed by atoms with Crippen molar-refractivity contribution in [2.75, 3.05) is 13.1 Å². The molecule has 3 nitrogen and oxygen atoms in total. The van der Waals surface area contributed by atoms with E-state index in [0.717, 1.165) is 31.8 Å². The Morgan fingerprint density at radius 1 is 1.38 bits per heavy atom. The molecule has 2 atom stereocenters. The number of rotatable bonds is 2. The average Bonchev–Trinajstić information content (AvgIpc) is 2.83. The van der Waals surface area contributed by atoms with Crippen LogP contribution in [0, 0.1) is 11.3 Å². The largest absolute Gasteiger partial charge is 0.330 e. The number of nitrogens with one attached hydrogen (secondary N) is 1. The fourth-order valence-corrected chi connectivity index (χ4v) is 3.87. The van der Waals surface area contributed by atoms with Crippen LogP contribution in [0.2, 0.25) is 0 Å². The summed E-state index contributed by atoms with van der Waals surface area (Å²) >= 11 is 1.72. The second-order valence-corrected chi connectivity index (χ2v) is 8.27. The molecular formula is C17H28N2OS. The third kappa shape index (κ3) is 4.47. The van der Waals surface area contributed by atoms with Gasteiger partial charge in [0.15, 0.2) is 0 Å². The summed E-state index contributed by atoms with van der Waals surface area (Å²) in [5.41, 5.74) is 0.0135. The molecule has 2 heterocycles. The van der Waals surface area contributed by atoms with Crippen molar-refractivity contribution in [3.8, 4) is 0 Å². The van der Waals surface area contributed by atoms with E-state index in [9.17, 15) is 4.79 Å². The van der Waals surface area contributed by atoms with Crippen molar-refractivity contribution in [1.29, 1.82) is 0 Å². The minimum absolute atomic E-state index is 0.0135. The highest BCUT2D eigenvalue weighted by molar-refractivity contribution is 7.10. The van der Waals surface area contributed by atoms with E-state index in [1.54, 1.807) is 11.3 Å². The van der Waals surface area contributed by atoms with Crippen LogP contribution in [0.4, 0.5) is 4.79 Å². The molecule has 1 fully saturated rings. The lowest BCUT2D eigenvalue weighted by molar-refractivity contribution is 0.181. The molecule has 1 aromatic rings. The van der Waals surface area contributed by atoms with Crippen LogP contribution in [0.1, 0.15) is 57.9 Å². The zero-order valence-corrected chi connectivity index (χ0v) is 14.5. The normalized spacial score (nSPS) is 21.7. The van der Waals surface area contributed by atoms with E-state index in [1.165, 1.54) is 11.3 Å². The first-order valence-corrected chi connectivity index (χ1v) is 8.84. The van der Waals surface area contributed by atoms with E-state index in [4.69, 9.17) is 0 Å². The van der Waals surface area contributed by atoms with Crippen LogP contribution >= 0.6 is 11.3 Å². The molecule has 2 unspecified atom stereocenters. The third-order valence-electron chi connectivity index (χ3n) is 4.27. The number of carbonyl (C=O) groups is 1. The first-order valence-electron chi connectivity index (χ1n) is 7.97. The molecule has 1 aromatic heterocycles. The number of nitrogens with zero attached hydrogens (tertiary/aromatic N) is 1. The Hall–Kier alpha value is -1.03. The molecule has 1 N–H and O–H groups in total. The smallest absolute Gasteiger partial charge is 0.317 e. The number of amides is 2. The summed E-state index contributed by atoms with van der Waals surface area (Å²) in [6.45, 7) is 10.6. The maximum atomic E-state index is 12.6. The van der Waals surface area contributed by atoms with Gasteiger partial charge in [-0.15, -0.1) is 11.3 Å². The number of thiophene rings is 1. The van der Waals surface area contributed by atoms with Crippen molar-refractivity contribution in [2.45, 2.75) is 53.0 Å². The van der Waals surface area contributed by atoms with Gasteiger partial charge in [-0.2, -0.15) is 0 Å². The minimum atomic E-state index is 0.0135. The zero-order valence-electron chi connectivity index (χ0n) is 13.7. The summed E-state index contributed by atoms with van der Waals surface area (Å²) in [5.74, 6) is 0.735. The van der Waals surface area contributed by atoms with Crippen LogP contribution in [0.3, 0.4) is 0 Å². The number of urea groups is 1. The molecule has 0 bridgehead atoms. The third-order valence-corrected chi connectivity index (χ3v) is 5.20. The Morgan fingerprint density at radius 2 is 2.14 bits per heavy atom. The number of likely N-dealkylation sites (tertiary alicyclic amines) is 1. The van der Waals surface area contributed by atoms with E-state index in [-0.39, 0.29) is 17.5 Å². The van der Waals surface area contributed by atoms with Crippen molar-refractivity contribution >= 4 is 17.4 Å². The predicted molar refractivity (Wildman–Crippen MR) is 89.6 cm³/mol. The van der Waals surface area contributed by atoms with Gasteiger partial charge in [0.05, 0.1) is 6.04 Å². The maximum absolute atomic E-state index is 12.6. The predicted octanol–water partition coefficient (Wildman–Crippen LogP) is 4.67. The summed E-state index contributed by atoms with van der Waals surface area (Å²) in [5, 5.41) is 5.35. The van der Waals surface area contributed by atoms with Gasteiger partial charge in [0.2, 0.25) is 0 Å². The zero-order chi connectivity index (χ0) is 15.5. The highest BCUT2D eigenvalue weighted by Gasteiger charge is 2.30. The highest BCUT2D eigenvalue weighted by Crippen LogP contribution is 2.35. The molecule has 21 heavy (non-hydrogen) atoms. The van der Waals surface area contributed by atoms with Gasteiger partial charge in [-0.1, -0.05) is 33.8 Å². The molecule has 0 saturated carbocycles. The average molecular weight is 308 g/mol. The van der Waals surface area contributed by atoms with Crippen molar-refractivity contribution < 1.29 is 4.79 Å². The Morgan fingerprint density at radius 3 is 2.76 bits per heavy atom. The minimum Gasteiger partial charge on any atom is -0.330 e. The molecule has 4 heteroatoms. The van der Waals surface area contributed by atoms with Crippen LogP contribution < -0.4 is 5.32 Å². The lowest BCUT2D eigenvalue weighted by Crippen LogP contribution is -2.45. The van der Waals surface area contributed by atoms with Crippen LogP contribution in [-0.2, 0) is 0 Å². The summed E-state index contributed by atoms with van der Waals surface area (Å²) in [4.78, 5) is 15.9. The van der Waals surface area contributed by atoms with Crippen molar-refractivity contribution in [3.05, 3.63) is 22.4 Å². The molecule has 2 amide bonds. The monoisotopic (exact) mass is 308 g/mol. The summed E-state index contributed by atoms with van der Waals surface area (Å²) in [7, 11) is 0. The molecule has 1 aliphatic rings. The highest BCUT2D eigenvalue weighted by atomic mass is 32.1. The van der Waals surface area contributed by atoms with E-state index in [0.29, 0.717) is 0 Å². The fourth-order valence-electron chi connectivity index (χ4n) is 2.85. The molecule has 0 radical (unpaired) electrons. The van der Waals surface area contributed by atoms with E-state index >= 15 is 0 Å². The standard InChI is InChI=1S/C17H28N2OS/c1-13-7-5-10-19(11-9-13)16(20)18-15(17(2,3)4)14-8-6-12-21-14/h6,8,12-13,15H,5,7,9-11H2,1-4H3,(H,18,20). The fraction of sp³-hybridized carbons (Fsp3) is 0.706. The Balaban J connectivity index is 2.04. The van der Waals surface area contributed by atoms with Crippen LogP contribution in [0.5, 0.6) is 0 Å². The summed E-state index contributed by atoms with van der Waals surface area (Å²) < 4.78 is 0. The summed E-state index contributed by atoms with van der Waals surface area (Å²) in [6, 6.07) is 4.34. The Kier molecular flexibility index (Phi) is 5.31. The molecule has 1 saturated heterocycles. The van der Waals surface area contributed by atoms with E-state index < -0.39 is 0 Å². The van der Waals surface area contributed by atoms with Gasteiger partial charge in [-0.25, -0.2) is 4.79 Å². The molecule has 118 valence electrons. The lowest BCUT2D eigenvalue weighted by Gasteiger charge is -2.33. The van der Waals surface area contributed by atoms with Crippen molar-refractivity contribution in [2.24, 2.45) is 11.3 Å². The molecular weight excluding hydrogens is 280 g/mol. The number of carbonyl (C=O) groups excluding carboxylic acids is 1. The molecule has 0 aliphatic carbocycles. The van der Waals surface area contributed by atoms with Gasteiger partial charge in [0, 0.05) is 18.0 Å². The van der Waals surface area contributed by atoms with E-state index in [2.05, 4.69) is 50.5 Å². The Labute approximate surface area is 132 Å². The van der Waals surface area contributed by atoms with Crippen LogP contribution in [0.25, 0.3) is 0 Å². The molecule has 2 rings (SSSR count). The van der Waals surface area contributed by atoms with Crippen molar-refractivity contribution in [3.63, 3.8) is 0 Å². The molecule has 0 aromatic carbocycles. The van der Waals surface area contributed by atoms with Crippen LogP contribution in [-0.4, -0.2) is 24.0 Å². The first-order chi connectivity index (χ1) is 9.88. The summed E-state index contributed by atoms with van der Waals surface area (Å²) in [6.07, 6.45) is 3.47. The SMILES string of the molecule is CC1CCCN(C(=O)NC(c2cccs2)C(C)(C)C)CC1. The van der Waals surface area contributed by atoms with Gasteiger partial charge in [-0.05, 0) is 42.0 Å². The van der Waals surface area contributed by atoms with Gasteiger partial charge in [-0.3, -0.25) is 0 Å². The van der Waals surface area contributed by atoms with Gasteiger partial charge >= 0.3 is 6.03 Å².